The van der Waals surface area contributed by atoms with E-state index in [1.807, 2.05) is 48.5 Å². The molecule has 168 valence electrons. The molecule has 0 spiro atoms. The van der Waals surface area contributed by atoms with E-state index in [1.54, 1.807) is 0 Å². The molecular formula is C23H20F3KN7+. The van der Waals surface area contributed by atoms with Crippen LogP contribution in [0, 0.1) is 0 Å². The Bertz CT molecular complexity index is 1260. The van der Waals surface area contributed by atoms with Crippen LogP contribution in [0.2, 0.25) is 0 Å². The Hall–Kier alpha value is -2.18. The zero-order valence-electron chi connectivity index (χ0n) is 18.5. The van der Waals surface area contributed by atoms with Gasteiger partial charge in [-0.1, -0.05) is 48.5 Å². The zero-order valence-corrected chi connectivity index (χ0v) is 21.6. The molecule has 1 aliphatic rings. The van der Waals surface area contributed by atoms with Gasteiger partial charge in [0.05, 0.1) is 0 Å². The number of fused-ring (bicyclic) bond motifs is 1. The fourth-order valence-electron chi connectivity index (χ4n) is 4.06. The molecule has 2 N–H and O–H groups in total. The molecule has 2 aromatic carbocycles. The Morgan fingerprint density at radius 3 is 2.35 bits per heavy atom. The Kier molecular flexibility index (Phi) is 7.78. The quantitative estimate of drug-likeness (QED) is 0.415. The van der Waals surface area contributed by atoms with Crippen LogP contribution in [-0.4, -0.2) is 30.6 Å². The van der Waals surface area contributed by atoms with E-state index in [0.29, 0.717) is 30.9 Å². The topological polar surface area (TPSA) is 92.3 Å². The number of benzene rings is 2. The van der Waals surface area contributed by atoms with Crippen molar-refractivity contribution in [2.75, 3.05) is 5.32 Å². The molecule has 4 aromatic rings. The number of aromatic nitrogens is 6. The number of alkyl halides is 3. The molecule has 2 heterocycles. The average Bonchev–Trinajstić information content (AvgIpc) is 3.37. The Morgan fingerprint density at radius 1 is 0.912 bits per heavy atom. The maximum absolute atomic E-state index is 13.3. The summed E-state index contributed by atoms with van der Waals surface area (Å²) in [6, 6.07) is 15.5. The molecule has 0 unspecified atom stereocenters. The second-order valence-corrected chi connectivity index (χ2v) is 7.86. The average molecular weight is 491 g/mol. The number of rotatable bonds is 5. The number of anilines is 1. The Balaban J connectivity index is 0.00000274. The van der Waals surface area contributed by atoms with Crippen molar-refractivity contribution >= 4 is 5.82 Å². The van der Waals surface area contributed by atoms with Crippen LogP contribution in [0.1, 0.15) is 35.5 Å². The van der Waals surface area contributed by atoms with E-state index >= 15 is 0 Å². The molecular weight excluding hydrogens is 470 g/mol. The van der Waals surface area contributed by atoms with Crippen molar-refractivity contribution in [1.29, 1.82) is 0 Å². The van der Waals surface area contributed by atoms with Gasteiger partial charge >= 0.3 is 57.6 Å². The number of hydrogen-bond donors (Lipinski definition) is 2. The molecule has 0 aliphatic heterocycles. The third kappa shape index (κ3) is 5.38. The Labute approximate surface area is 236 Å². The zero-order chi connectivity index (χ0) is 22.8. The fourth-order valence-corrected chi connectivity index (χ4v) is 4.06. The van der Waals surface area contributed by atoms with Crippen LogP contribution in [0.4, 0.5) is 19.0 Å². The molecule has 0 bridgehead atoms. The van der Waals surface area contributed by atoms with E-state index in [2.05, 4.69) is 35.9 Å². The number of hydrogen-bond acceptors (Lipinski definition) is 6. The summed E-state index contributed by atoms with van der Waals surface area (Å²) in [5.74, 6) is -0.303. The molecule has 0 radical (unpaired) electrons. The number of aryl methyl sites for hydroxylation is 1. The standard InChI is InChI=1S/C23H20F3N7.K/c24-23(25,26)22-28-19-8-4-3-7-18(19)20(29-22)27-13-14-9-11-15(12-10-14)16-5-1-2-6-17(16)21-30-32-33-31-21;/h1-2,5-6,9-12H,3-4,7-8,13H2,(H,27,28,29)(H,30,31,32,33);/q;+1. The summed E-state index contributed by atoms with van der Waals surface area (Å²) in [6.45, 7) is 0.355. The number of H-pyrrole nitrogens is 1. The van der Waals surface area contributed by atoms with Gasteiger partial charge in [0.15, 0.2) is 0 Å². The first-order chi connectivity index (χ1) is 16.0. The number of halogens is 3. The van der Waals surface area contributed by atoms with Crippen LogP contribution in [0.15, 0.2) is 48.5 Å². The maximum Gasteiger partial charge on any atom is 1.00 e. The minimum Gasteiger partial charge on any atom is -0.366 e. The van der Waals surface area contributed by atoms with Crippen LogP contribution in [0.3, 0.4) is 0 Å². The van der Waals surface area contributed by atoms with Crippen LogP contribution >= 0.6 is 0 Å². The van der Waals surface area contributed by atoms with E-state index in [9.17, 15) is 13.2 Å². The fraction of sp³-hybridized carbons (Fsp3) is 0.261. The van der Waals surface area contributed by atoms with Gasteiger partial charge in [0.1, 0.15) is 5.82 Å². The van der Waals surface area contributed by atoms with Crippen molar-refractivity contribution in [3.05, 3.63) is 71.2 Å². The largest absolute Gasteiger partial charge is 1.00 e. The van der Waals surface area contributed by atoms with E-state index < -0.39 is 12.0 Å². The van der Waals surface area contributed by atoms with Gasteiger partial charge in [-0.05, 0) is 47.6 Å². The summed E-state index contributed by atoms with van der Waals surface area (Å²) in [4.78, 5) is 7.59. The number of nitrogens with one attached hydrogen (secondary N) is 2. The van der Waals surface area contributed by atoms with Crippen molar-refractivity contribution in [2.45, 2.75) is 38.4 Å². The van der Waals surface area contributed by atoms with Gasteiger partial charge in [0, 0.05) is 23.4 Å². The molecule has 11 heteroatoms. The summed E-state index contributed by atoms with van der Waals surface area (Å²) in [5.41, 5.74) is 4.99. The van der Waals surface area contributed by atoms with E-state index in [4.69, 9.17) is 0 Å². The Morgan fingerprint density at radius 2 is 1.65 bits per heavy atom. The second-order valence-electron chi connectivity index (χ2n) is 7.86. The SMILES string of the molecule is FC(F)(F)c1nc2c(c(NCc3ccc(-c4ccccc4-c4nn[nH]n4)cc3)n1)CCCC2.[K+]. The van der Waals surface area contributed by atoms with E-state index in [0.717, 1.165) is 40.7 Å². The first-order valence-corrected chi connectivity index (χ1v) is 10.6. The van der Waals surface area contributed by atoms with Crippen LogP contribution in [0.25, 0.3) is 22.5 Å². The monoisotopic (exact) mass is 490 g/mol. The minimum atomic E-state index is -4.57. The molecule has 0 saturated heterocycles. The number of aromatic amines is 1. The smallest absolute Gasteiger partial charge is 0.366 e. The summed E-state index contributed by atoms with van der Waals surface area (Å²) in [5, 5.41) is 17.3. The molecule has 7 nitrogen and oxygen atoms in total. The van der Waals surface area contributed by atoms with Crippen molar-refractivity contribution < 1.29 is 64.6 Å². The van der Waals surface area contributed by atoms with Gasteiger partial charge in [-0.15, -0.1) is 10.2 Å². The van der Waals surface area contributed by atoms with Crippen molar-refractivity contribution in [1.82, 2.24) is 30.6 Å². The van der Waals surface area contributed by atoms with Crippen molar-refractivity contribution in [3.8, 4) is 22.5 Å². The second kappa shape index (κ2) is 10.6. The summed E-state index contributed by atoms with van der Waals surface area (Å²) >= 11 is 0. The number of nitrogens with zero attached hydrogens (tertiary/aromatic N) is 5. The maximum atomic E-state index is 13.3. The molecule has 0 amide bonds. The predicted molar refractivity (Wildman–Crippen MR) is 116 cm³/mol. The van der Waals surface area contributed by atoms with Gasteiger partial charge in [-0.2, -0.15) is 18.4 Å². The minimum absolute atomic E-state index is 0. The normalized spacial score (nSPS) is 13.1. The van der Waals surface area contributed by atoms with Gasteiger partial charge in [0.2, 0.25) is 11.6 Å². The van der Waals surface area contributed by atoms with Gasteiger partial charge < -0.3 is 5.32 Å². The number of tetrazole rings is 1. The molecule has 2 aromatic heterocycles. The molecule has 34 heavy (non-hydrogen) atoms. The summed E-state index contributed by atoms with van der Waals surface area (Å²) in [6.07, 6.45) is -1.58. The summed E-state index contributed by atoms with van der Waals surface area (Å²) < 4.78 is 39.8. The van der Waals surface area contributed by atoms with Crippen LogP contribution < -0.4 is 56.7 Å². The first kappa shape index (κ1) is 24.9. The molecule has 0 fully saturated rings. The molecule has 0 saturated carbocycles. The predicted octanol–water partition coefficient (Wildman–Crippen LogP) is 1.84. The molecule has 0 atom stereocenters. The van der Waals surface area contributed by atoms with E-state index in [1.165, 1.54) is 0 Å². The first-order valence-electron chi connectivity index (χ1n) is 10.6. The van der Waals surface area contributed by atoms with Crippen LogP contribution in [-0.2, 0) is 25.6 Å². The van der Waals surface area contributed by atoms with Crippen molar-refractivity contribution in [2.24, 2.45) is 0 Å². The molecule has 1 aliphatic carbocycles. The summed E-state index contributed by atoms with van der Waals surface area (Å²) in [7, 11) is 0. The third-order valence-corrected chi connectivity index (χ3v) is 5.67. The third-order valence-electron chi connectivity index (χ3n) is 5.67. The van der Waals surface area contributed by atoms with Crippen molar-refractivity contribution in [3.63, 3.8) is 0 Å². The van der Waals surface area contributed by atoms with Gasteiger partial charge in [-0.3, -0.25) is 0 Å². The van der Waals surface area contributed by atoms with Crippen LogP contribution in [0.5, 0.6) is 0 Å². The van der Waals surface area contributed by atoms with Gasteiger partial charge in [0.25, 0.3) is 0 Å². The van der Waals surface area contributed by atoms with Gasteiger partial charge in [-0.25, -0.2) is 9.97 Å². The van der Waals surface area contributed by atoms with E-state index in [-0.39, 0.29) is 57.2 Å². The molecule has 5 rings (SSSR count).